The third-order valence-corrected chi connectivity index (χ3v) is 3.54. The summed E-state index contributed by atoms with van der Waals surface area (Å²) in [4.78, 5) is 11.8. The normalized spacial score (nSPS) is 10.4. The summed E-state index contributed by atoms with van der Waals surface area (Å²) in [7, 11) is 0. The first-order valence-corrected chi connectivity index (χ1v) is 6.40. The zero-order chi connectivity index (χ0) is 11.5. The van der Waals surface area contributed by atoms with Gasteiger partial charge in [0.05, 0.1) is 10.0 Å². The molecule has 0 spiro atoms. The molecule has 0 N–H and O–H groups in total. The van der Waals surface area contributed by atoms with Gasteiger partial charge in [-0.15, -0.1) is 0 Å². The van der Waals surface area contributed by atoms with Crippen LogP contribution in [0.15, 0.2) is 39.5 Å². The molecule has 0 bridgehead atoms. The Labute approximate surface area is 105 Å². The van der Waals surface area contributed by atoms with Crippen molar-refractivity contribution in [1.29, 1.82) is 0 Å². The fraction of sp³-hybridized carbons (Fsp3) is 0.0833. The van der Waals surface area contributed by atoms with E-state index in [1.807, 2.05) is 16.8 Å². The van der Waals surface area contributed by atoms with Gasteiger partial charge in [-0.05, 0) is 50.5 Å². The molecule has 0 radical (unpaired) electrons. The van der Waals surface area contributed by atoms with Crippen molar-refractivity contribution in [2.24, 2.45) is 0 Å². The van der Waals surface area contributed by atoms with Crippen LogP contribution in [0.5, 0.6) is 0 Å². The number of hydrogen-bond acceptors (Lipinski definition) is 2. The number of Topliss-reactive ketones (excluding diaryl/α,β-unsaturated/α-hetero) is 1. The van der Waals surface area contributed by atoms with E-state index in [9.17, 15) is 9.18 Å². The van der Waals surface area contributed by atoms with Crippen LogP contribution in [0.4, 0.5) is 4.39 Å². The van der Waals surface area contributed by atoms with E-state index in [0.717, 1.165) is 5.56 Å². The molecular weight excluding hydrogens is 291 g/mol. The first-order chi connectivity index (χ1) is 7.68. The van der Waals surface area contributed by atoms with Crippen LogP contribution in [-0.4, -0.2) is 5.78 Å². The summed E-state index contributed by atoms with van der Waals surface area (Å²) < 4.78 is 13.9. The van der Waals surface area contributed by atoms with E-state index in [1.54, 1.807) is 12.1 Å². The molecule has 4 heteroatoms. The highest BCUT2D eigenvalue weighted by atomic mass is 79.9. The molecule has 1 aromatic heterocycles. The summed E-state index contributed by atoms with van der Waals surface area (Å²) in [5.41, 5.74) is 1.06. The number of hydrogen-bond donors (Lipinski definition) is 0. The van der Waals surface area contributed by atoms with Crippen LogP contribution in [0, 0.1) is 5.82 Å². The highest BCUT2D eigenvalue weighted by Gasteiger charge is 2.14. The first-order valence-electron chi connectivity index (χ1n) is 4.67. The lowest BCUT2D eigenvalue weighted by molar-refractivity contribution is 0.0989. The van der Waals surface area contributed by atoms with E-state index >= 15 is 0 Å². The van der Waals surface area contributed by atoms with Crippen LogP contribution in [0.25, 0.3) is 0 Å². The molecule has 2 aromatic rings. The van der Waals surface area contributed by atoms with Gasteiger partial charge in [-0.25, -0.2) is 4.39 Å². The van der Waals surface area contributed by atoms with Crippen molar-refractivity contribution in [1.82, 2.24) is 0 Å². The zero-order valence-corrected chi connectivity index (χ0v) is 10.6. The topological polar surface area (TPSA) is 17.1 Å². The molecule has 16 heavy (non-hydrogen) atoms. The highest BCUT2D eigenvalue weighted by Crippen LogP contribution is 2.20. The van der Waals surface area contributed by atoms with Crippen LogP contribution in [0.2, 0.25) is 0 Å². The molecule has 0 unspecified atom stereocenters. The second-order valence-corrected chi connectivity index (χ2v) is 4.97. The smallest absolute Gasteiger partial charge is 0.170 e. The number of halogens is 2. The van der Waals surface area contributed by atoms with Crippen molar-refractivity contribution in [2.45, 2.75) is 6.42 Å². The fourth-order valence-electron chi connectivity index (χ4n) is 1.39. The minimum absolute atomic E-state index is 0.139. The Morgan fingerprint density at radius 2 is 2.19 bits per heavy atom. The highest BCUT2D eigenvalue weighted by molar-refractivity contribution is 9.10. The number of carbonyl (C=O) groups is 1. The number of benzene rings is 1. The van der Waals surface area contributed by atoms with Gasteiger partial charge >= 0.3 is 0 Å². The predicted molar refractivity (Wildman–Crippen MR) is 66.5 cm³/mol. The lowest BCUT2D eigenvalue weighted by Gasteiger charge is -2.02. The number of rotatable bonds is 3. The SMILES string of the molecule is O=C(Cc1ccsc1)c1cccc(Br)c1F. The quantitative estimate of drug-likeness (QED) is 0.781. The van der Waals surface area contributed by atoms with Crippen molar-refractivity contribution in [3.8, 4) is 0 Å². The Kier molecular flexibility index (Phi) is 3.51. The lowest BCUT2D eigenvalue weighted by Crippen LogP contribution is -2.05. The molecule has 1 nitrogen and oxygen atoms in total. The lowest BCUT2D eigenvalue weighted by atomic mass is 10.0. The fourth-order valence-corrected chi connectivity index (χ4v) is 2.43. The predicted octanol–water partition coefficient (Wildman–Crippen LogP) is 4.08. The van der Waals surface area contributed by atoms with Gasteiger partial charge in [-0.1, -0.05) is 6.07 Å². The maximum atomic E-state index is 13.6. The molecule has 2 rings (SSSR count). The van der Waals surface area contributed by atoms with Crippen LogP contribution < -0.4 is 0 Å². The van der Waals surface area contributed by atoms with Crippen LogP contribution in [-0.2, 0) is 6.42 Å². The standard InChI is InChI=1S/C12H8BrFOS/c13-10-3-1-2-9(12(10)14)11(15)6-8-4-5-16-7-8/h1-5,7H,6H2. The molecule has 1 aromatic carbocycles. The molecule has 0 aliphatic rings. The molecule has 0 aliphatic heterocycles. The largest absolute Gasteiger partial charge is 0.294 e. The second-order valence-electron chi connectivity index (χ2n) is 3.33. The molecule has 0 amide bonds. The minimum Gasteiger partial charge on any atom is -0.294 e. The Morgan fingerprint density at radius 1 is 1.38 bits per heavy atom. The Bertz CT molecular complexity index is 508. The Morgan fingerprint density at radius 3 is 2.88 bits per heavy atom. The van der Waals surface area contributed by atoms with Gasteiger partial charge < -0.3 is 0 Å². The average molecular weight is 299 g/mol. The maximum absolute atomic E-state index is 13.6. The number of carbonyl (C=O) groups excluding carboxylic acids is 1. The summed E-state index contributed by atoms with van der Waals surface area (Å²) in [5.74, 6) is -0.681. The third kappa shape index (κ3) is 2.39. The second kappa shape index (κ2) is 4.89. The van der Waals surface area contributed by atoms with Crippen molar-refractivity contribution >= 4 is 33.0 Å². The van der Waals surface area contributed by atoms with Crippen LogP contribution >= 0.6 is 27.3 Å². The summed E-state index contributed by atoms with van der Waals surface area (Å²) >= 11 is 4.60. The first kappa shape index (κ1) is 11.5. The summed E-state index contributed by atoms with van der Waals surface area (Å²) in [6.07, 6.45) is 0.247. The molecule has 0 atom stereocenters. The summed E-state index contributed by atoms with van der Waals surface area (Å²) in [5, 5.41) is 3.80. The van der Waals surface area contributed by atoms with Gasteiger partial charge in [0, 0.05) is 6.42 Å². The van der Waals surface area contributed by atoms with Crippen molar-refractivity contribution in [3.63, 3.8) is 0 Å². The van der Waals surface area contributed by atoms with Gasteiger partial charge in [0.2, 0.25) is 0 Å². The van der Waals surface area contributed by atoms with E-state index < -0.39 is 5.82 Å². The summed E-state index contributed by atoms with van der Waals surface area (Å²) in [6.45, 7) is 0. The molecule has 82 valence electrons. The monoisotopic (exact) mass is 298 g/mol. The Hall–Kier alpha value is -1.000. The van der Waals surface area contributed by atoms with Crippen molar-refractivity contribution in [3.05, 3.63) is 56.4 Å². The zero-order valence-electron chi connectivity index (χ0n) is 8.24. The van der Waals surface area contributed by atoms with Gasteiger partial charge in [0.25, 0.3) is 0 Å². The van der Waals surface area contributed by atoms with Gasteiger partial charge in [-0.2, -0.15) is 11.3 Å². The van der Waals surface area contributed by atoms with Crippen molar-refractivity contribution < 1.29 is 9.18 Å². The Balaban J connectivity index is 2.24. The maximum Gasteiger partial charge on any atom is 0.170 e. The minimum atomic E-state index is -0.484. The van der Waals surface area contributed by atoms with E-state index in [0.29, 0.717) is 4.47 Å². The average Bonchev–Trinajstić information content (AvgIpc) is 2.74. The number of ketones is 1. The molecule has 0 saturated carbocycles. The van der Waals surface area contributed by atoms with Gasteiger partial charge in [-0.3, -0.25) is 4.79 Å². The van der Waals surface area contributed by atoms with Crippen molar-refractivity contribution in [2.75, 3.05) is 0 Å². The van der Waals surface area contributed by atoms with Gasteiger partial charge in [0.15, 0.2) is 5.78 Å². The van der Waals surface area contributed by atoms with E-state index in [-0.39, 0.29) is 17.8 Å². The molecule has 0 aliphatic carbocycles. The molecular formula is C12H8BrFOS. The van der Waals surface area contributed by atoms with Crippen LogP contribution in [0.3, 0.4) is 0 Å². The van der Waals surface area contributed by atoms with E-state index in [1.165, 1.54) is 17.4 Å². The molecule has 0 saturated heterocycles. The molecule has 1 heterocycles. The van der Waals surface area contributed by atoms with E-state index in [2.05, 4.69) is 15.9 Å². The number of thiophene rings is 1. The van der Waals surface area contributed by atoms with E-state index in [4.69, 9.17) is 0 Å². The summed E-state index contributed by atoms with van der Waals surface area (Å²) in [6, 6.07) is 6.62. The molecule has 0 fully saturated rings. The third-order valence-electron chi connectivity index (χ3n) is 2.20. The van der Waals surface area contributed by atoms with Crippen LogP contribution in [0.1, 0.15) is 15.9 Å². The van der Waals surface area contributed by atoms with Gasteiger partial charge in [0.1, 0.15) is 5.82 Å².